The predicted octanol–water partition coefficient (Wildman–Crippen LogP) is 6.24. The molecule has 0 atom stereocenters. The number of benzene rings is 2. The van der Waals surface area contributed by atoms with Crippen LogP contribution >= 0.6 is 11.3 Å². The first-order chi connectivity index (χ1) is 16.1. The minimum Gasteiger partial charge on any atom is -0.337 e. The van der Waals surface area contributed by atoms with Gasteiger partial charge in [-0.2, -0.15) is 5.10 Å². The van der Waals surface area contributed by atoms with Gasteiger partial charge in [0.05, 0.1) is 15.9 Å². The van der Waals surface area contributed by atoms with Crippen LogP contribution in [0.1, 0.15) is 16.6 Å². The Morgan fingerprint density at radius 1 is 1.03 bits per heavy atom. The van der Waals surface area contributed by atoms with Gasteiger partial charge in [0, 0.05) is 33.8 Å². The average Bonchev–Trinajstić information content (AvgIpc) is 3.56. The van der Waals surface area contributed by atoms with Crippen LogP contribution in [0.4, 0.5) is 4.39 Å². The molecular weight excluding hydrogens is 437 g/mol. The molecule has 0 bridgehead atoms. The quantitative estimate of drug-likeness (QED) is 0.309. The molecule has 4 aromatic heterocycles. The van der Waals surface area contributed by atoms with Crippen molar-refractivity contribution in [3.63, 3.8) is 0 Å². The standard InChI is InChI=1S/C25H16FN5OS/c1-13(32)20-7-8-21(33-20)16-5-2-6-19-23(16)29-25(28-19)24-17-10-15(14-4-3-9-27-12-14)11-18(26)22(17)30-31-24/h2-12H,1H3,(H,28,29)(H,30,31). The Labute approximate surface area is 191 Å². The Kier molecular flexibility index (Phi) is 4.41. The summed E-state index contributed by atoms with van der Waals surface area (Å²) in [5.41, 5.74) is 4.93. The number of rotatable bonds is 4. The normalized spacial score (nSPS) is 11.5. The minimum absolute atomic E-state index is 0.0384. The van der Waals surface area contributed by atoms with Crippen LogP contribution in [0.15, 0.2) is 67.0 Å². The number of fused-ring (bicyclic) bond motifs is 2. The molecule has 4 heterocycles. The SMILES string of the molecule is CC(=O)c1ccc(-c2cccc3[nH]c(-c4[nH]nc5c(F)cc(-c6cccnc6)cc45)nc23)s1. The van der Waals surface area contributed by atoms with E-state index in [1.165, 1.54) is 17.4 Å². The molecule has 6 rings (SSSR count). The molecule has 33 heavy (non-hydrogen) atoms. The van der Waals surface area contributed by atoms with Crippen LogP contribution < -0.4 is 0 Å². The number of halogens is 1. The van der Waals surface area contributed by atoms with Crippen molar-refractivity contribution in [3.8, 4) is 33.1 Å². The number of nitrogens with zero attached hydrogens (tertiary/aromatic N) is 3. The van der Waals surface area contributed by atoms with E-state index in [2.05, 4.69) is 20.2 Å². The molecular formula is C25H16FN5OS. The number of H-pyrrole nitrogens is 2. The number of imidazole rings is 1. The summed E-state index contributed by atoms with van der Waals surface area (Å²) in [5.74, 6) is 0.184. The van der Waals surface area contributed by atoms with E-state index in [4.69, 9.17) is 4.98 Å². The summed E-state index contributed by atoms with van der Waals surface area (Å²) in [6.07, 6.45) is 3.38. The minimum atomic E-state index is -0.416. The van der Waals surface area contributed by atoms with Crippen LogP contribution in [0.3, 0.4) is 0 Å². The van der Waals surface area contributed by atoms with Gasteiger partial charge in [0.1, 0.15) is 11.2 Å². The van der Waals surface area contributed by atoms with Gasteiger partial charge in [-0.25, -0.2) is 9.37 Å². The second kappa shape index (κ2) is 7.46. The van der Waals surface area contributed by atoms with Gasteiger partial charge >= 0.3 is 0 Å². The summed E-state index contributed by atoms with van der Waals surface area (Å²) >= 11 is 1.44. The number of aromatic amines is 2. The molecule has 8 heteroatoms. The van der Waals surface area contributed by atoms with Crippen molar-refractivity contribution in [1.82, 2.24) is 25.1 Å². The number of carbonyl (C=O) groups is 1. The maximum Gasteiger partial charge on any atom is 0.169 e. The predicted molar refractivity (Wildman–Crippen MR) is 128 cm³/mol. The number of carbonyl (C=O) groups excluding carboxylic acids is 1. The molecule has 160 valence electrons. The smallest absolute Gasteiger partial charge is 0.169 e. The molecule has 2 N–H and O–H groups in total. The van der Waals surface area contributed by atoms with Crippen molar-refractivity contribution >= 4 is 39.1 Å². The Bertz CT molecular complexity index is 1660. The Balaban J connectivity index is 1.51. The van der Waals surface area contributed by atoms with Crippen LogP contribution in [0.25, 0.3) is 55.0 Å². The molecule has 0 aliphatic heterocycles. The number of aromatic nitrogens is 5. The summed E-state index contributed by atoms with van der Waals surface area (Å²) < 4.78 is 14.9. The summed E-state index contributed by atoms with van der Waals surface area (Å²) in [7, 11) is 0. The van der Waals surface area contributed by atoms with Crippen molar-refractivity contribution in [2.24, 2.45) is 0 Å². The van der Waals surface area contributed by atoms with Crippen LogP contribution in [-0.2, 0) is 0 Å². The molecule has 2 aromatic carbocycles. The summed E-state index contributed by atoms with van der Waals surface area (Å²) in [6.45, 7) is 1.56. The lowest BCUT2D eigenvalue weighted by molar-refractivity contribution is 0.102. The van der Waals surface area contributed by atoms with Gasteiger partial charge in [-0.05, 0) is 48.9 Å². The van der Waals surface area contributed by atoms with E-state index in [0.29, 0.717) is 27.3 Å². The second-order valence-corrected chi connectivity index (χ2v) is 8.79. The van der Waals surface area contributed by atoms with E-state index < -0.39 is 5.82 Å². The van der Waals surface area contributed by atoms with Crippen LogP contribution in [-0.4, -0.2) is 30.9 Å². The highest BCUT2D eigenvalue weighted by Crippen LogP contribution is 2.36. The molecule has 0 amide bonds. The number of hydrogen-bond acceptors (Lipinski definition) is 5. The Morgan fingerprint density at radius 2 is 1.94 bits per heavy atom. The number of thiophene rings is 1. The third-order valence-electron chi connectivity index (χ3n) is 5.58. The largest absolute Gasteiger partial charge is 0.337 e. The third-order valence-corrected chi connectivity index (χ3v) is 6.79. The number of pyridine rings is 1. The van der Waals surface area contributed by atoms with Crippen molar-refractivity contribution in [2.45, 2.75) is 6.92 Å². The summed E-state index contributed by atoms with van der Waals surface area (Å²) in [4.78, 5) is 25.7. The van der Waals surface area contributed by atoms with E-state index in [1.807, 2.05) is 48.5 Å². The molecule has 0 unspecified atom stereocenters. The maximum atomic E-state index is 14.9. The maximum absolute atomic E-state index is 14.9. The van der Waals surface area contributed by atoms with E-state index in [-0.39, 0.29) is 11.3 Å². The molecule has 6 aromatic rings. The fraction of sp³-hybridized carbons (Fsp3) is 0.0400. The Morgan fingerprint density at radius 3 is 2.73 bits per heavy atom. The second-order valence-electron chi connectivity index (χ2n) is 7.70. The molecule has 0 saturated carbocycles. The Hall–Kier alpha value is -4.17. The van der Waals surface area contributed by atoms with E-state index in [0.717, 1.165) is 27.0 Å². The van der Waals surface area contributed by atoms with Gasteiger partial charge in [-0.15, -0.1) is 11.3 Å². The lowest BCUT2D eigenvalue weighted by Gasteiger charge is -2.02. The highest BCUT2D eigenvalue weighted by atomic mass is 32.1. The van der Waals surface area contributed by atoms with E-state index in [9.17, 15) is 9.18 Å². The molecule has 0 aliphatic carbocycles. The number of ketones is 1. The topological polar surface area (TPSA) is 87.3 Å². The zero-order chi connectivity index (χ0) is 22.5. The van der Waals surface area contributed by atoms with E-state index >= 15 is 0 Å². The first-order valence-electron chi connectivity index (χ1n) is 10.3. The van der Waals surface area contributed by atoms with Crippen molar-refractivity contribution in [1.29, 1.82) is 0 Å². The average molecular weight is 454 g/mol. The summed E-state index contributed by atoms with van der Waals surface area (Å²) in [6, 6.07) is 16.7. The van der Waals surface area contributed by atoms with Gasteiger partial charge in [0.25, 0.3) is 0 Å². The van der Waals surface area contributed by atoms with Gasteiger partial charge in [0.15, 0.2) is 17.4 Å². The molecule has 6 nitrogen and oxygen atoms in total. The van der Waals surface area contributed by atoms with Crippen molar-refractivity contribution < 1.29 is 9.18 Å². The molecule has 0 fully saturated rings. The van der Waals surface area contributed by atoms with Gasteiger partial charge in [-0.1, -0.05) is 18.2 Å². The first kappa shape index (κ1) is 19.5. The van der Waals surface area contributed by atoms with Gasteiger partial charge in [0.2, 0.25) is 0 Å². The van der Waals surface area contributed by atoms with Crippen LogP contribution in [0.2, 0.25) is 0 Å². The molecule has 0 saturated heterocycles. The van der Waals surface area contributed by atoms with Gasteiger partial charge in [-0.3, -0.25) is 14.9 Å². The van der Waals surface area contributed by atoms with Crippen molar-refractivity contribution in [2.75, 3.05) is 0 Å². The molecule has 0 spiro atoms. The number of hydrogen-bond donors (Lipinski definition) is 2. The molecule has 0 aliphatic rings. The van der Waals surface area contributed by atoms with E-state index in [1.54, 1.807) is 19.3 Å². The fourth-order valence-corrected chi connectivity index (χ4v) is 4.90. The monoisotopic (exact) mass is 453 g/mol. The number of nitrogens with one attached hydrogen (secondary N) is 2. The third kappa shape index (κ3) is 3.23. The first-order valence-corrected chi connectivity index (χ1v) is 11.1. The number of para-hydroxylation sites is 1. The zero-order valence-electron chi connectivity index (χ0n) is 17.4. The summed E-state index contributed by atoms with van der Waals surface area (Å²) in [5, 5.41) is 7.77. The fourth-order valence-electron chi connectivity index (χ4n) is 3.98. The highest BCUT2D eigenvalue weighted by Gasteiger charge is 2.18. The van der Waals surface area contributed by atoms with Crippen molar-refractivity contribution in [3.05, 3.63) is 77.7 Å². The highest BCUT2D eigenvalue weighted by molar-refractivity contribution is 7.17. The lowest BCUT2D eigenvalue weighted by Crippen LogP contribution is -1.85. The zero-order valence-corrected chi connectivity index (χ0v) is 18.2. The molecule has 0 radical (unpaired) electrons. The van der Waals surface area contributed by atoms with Crippen LogP contribution in [0, 0.1) is 5.82 Å². The lowest BCUT2D eigenvalue weighted by atomic mass is 10.0. The number of Topliss-reactive ketones (excluding diaryl/α,β-unsaturated/α-hetero) is 1. The van der Waals surface area contributed by atoms with Crippen LogP contribution in [0.5, 0.6) is 0 Å². The van der Waals surface area contributed by atoms with Gasteiger partial charge < -0.3 is 4.98 Å².